The fraction of sp³-hybridized carbons (Fsp3) is 0.300. The van der Waals surface area contributed by atoms with Gasteiger partial charge in [-0.3, -0.25) is 0 Å². The summed E-state index contributed by atoms with van der Waals surface area (Å²) in [5.41, 5.74) is 0. The van der Waals surface area contributed by atoms with Crippen LogP contribution in [0, 0.1) is 23.1 Å². The van der Waals surface area contributed by atoms with Crippen molar-refractivity contribution in [2.75, 3.05) is 6.61 Å². The molecule has 0 N–H and O–H groups in total. The highest BCUT2D eigenvalue weighted by molar-refractivity contribution is 6.30. The van der Waals surface area contributed by atoms with Crippen molar-refractivity contribution in [2.45, 2.75) is 6.18 Å². The zero-order valence-corrected chi connectivity index (χ0v) is 9.02. The molecule has 17 heavy (non-hydrogen) atoms. The van der Waals surface area contributed by atoms with Crippen LogP contribution >= 0.6 is 11.6 Å². The van der Waals surface area contributed by atoms with Gasteiger partial charge in [-0.2, -0.15) is 18.4 Å². The fourth-order valence-electron chi connectivity index (χ4n) is 0.974. The van der Waals surface area contributed by atoms with E-state index in [1.807, 2.05) is 0 Å². The Kier molecular flexibility index (Phi) is 4.18. The standard InChI is InChI=1S/C10H6ClF4NO/c11-7-2-1-3-8(9(7)12)17-5-6(4-16)10(13,14)15/h1-3,6H,5H2. The van der Waals surface area contributed by atoms with Crippen molar-refractivity contribution in [2.24, 2.45) is 5.92 Å². The smallest absolute Gasteiger partial charge is 0.407 e. The Morgan fingerprint density at radius 2 is 2.06 bits per heavy atom. The Balaban J connectivity index is 2.74. The molecule has 0 bridgehead atoms. The molecule has 0 spiro atoms. The molecule has 1 atom stereocenters. The lowest BCUT2D eigenvalue weighted by atomic mass is 10.2. The van der Waals surface area contributed by atoms with Crippen LogP contribution in [0.4, 0.5) is 17.6 Å². The van der Waals surface area contributed by atoms with E-state index in [2.05, 4.69) is 4.74 Å². The molecule has 0 saturated heterocycles. The zero-order valence-electron chi connectivity index (χ0n) is 8.26. The Labute approximate surface area is 99.4 Å². The van der Waals surface area contributed by atoms with Crippen LogP contribution in [0.25, 0.3) is 0 Å². The highest BCUT2D eigenvalue weighted by Crippen LogP contribution is 2.28. The summed E-state index contributed by atoms with van der Waals surface area (Å²) in [6, 6.07) is 4.73. The molecule has 92 valence electrons. The topological polar surface area (TPSA) is 33.0 Å². The van der Waals surface area contributed by atoms with Gasteiger partial charge in [-0.1, -0.05) is 17.7 Å². The van der Waals surface area contributed by atoms with Crippen molar-refractivity contribution in [3.63, 3.8) is 0 Å². The van der Waals surface area contributed by atoms with E-state index in [9.17, 15) is 17.6 Å². The highest BCUT2D eigenvalue weighted by Gasteiger charge is 2.40. The van der Waals surface area contributed by atoms with Crippen LogP contribution in [0.2, 0.25) is 5.02 Å². The summed E-state index contributed by atoms with van der Waals surface area (Å²) in [4.78, 5) is 0. The van der Waals surface area contributed by atoms with Gasteiger partial charge in [0.15, 0.2) is 17.5 Å². The lowest BCUT2D eigenvalue weighted by Gasteiger charge is -2.14. The molecule has 0 saturated carbocycles. The molecule has 0 aliphatic heterocycles. The zero-order chi connectivity index (χ0) is 13.1. The van der Waals surface area contributed by atoms with Crippen LogP contribution in [-0.4, -0.2) is 12.8 Å². The largest absolute Gasteiger partial charge is 0.489 e. The first kappa shape index (κ1) is 13.6. The fourth-order valence-corrected chi connectivity index (χ4v) is 1.14. The average Bonchev–Trinajstić information content (AvgIpc) is 2.23. The maximum absolute atomic E-state index is 13.2. The van der Waals surface area contributed by atoms with Gasteiger partial charge in [-0.15, -0.1) is 0 Å². The van der Waals surface area contributed by atoms with Crippen LogP contribution in [0.5, 0.6) is 5.75 Å². The summed E-state index contributed by atoms with van der Waals surface area (Å²) < 4.78 is 54.4. The number of nitrogens with zero attached hydrogens (tertiary/aromatic N) is 1. The quantitative estimate of drug-likeness (QED) is 0.785. The first-order chi connectivity index (χ1) is 7.86. The molecular weight excluding hydrogens is 262 g/mol. The van der Waals surface area contributed by atoms with Gasteiger partial charge in [0.05, 0.1) is 11.1 Å². The van der Waals surface area contributed by atoms with E-state index in [1.54, 1.807) is 0 Å². The monoisotopic (exact) mass is 267 g/mol. The molecular formula is C10H6ClF4NO. The van der Waals surface area contributed by atoms with Crippen molar-refractivity contribution in [1.82, 2.24) is 0 Å². The first-order valence-electron chi connectivity index (χ1n) is 4.39. The summed E-state index contributed by atoms with van der Waals surface area (Å²) in [5, 5.41) is 8.03. The van der Waals surface area contributed by atoms with Gasteiger partial charge in [0.25, 0.3) is 0 Å². The van der Waals surface area contributed by atoms with Gasteiger partial charge >= 0.3 is 6.18 Å². The van der Waals surface area contributed by atoms with E-state index in [0.717, 1.165) is 12.1 Å². The third-order valence-electron chi connectivity index (χ3n) is 1.87. The summed E-state index contributed by atoms with van der Waals surface area (Å²) >= 11 is 5.41. The van der Waals surface area contributed by atoms with E-state index in [1.165, 1.54) is 12.1 Å². The Bertz CT molecular complexity index is 441. The first-order valence-corrected chi connectivity index (χ1v) is 4.77. The molecule has 7 heteroatoms. The maximum Gasteiger partial charge on any atom is 0.407 e. The lowest BCUT2D eigenvalue weighted by molar-refractivity contribution is -0.165. The average molecular weight is 268 g/mol. The van der Waals surface area contributed by atoms with E-state index >= 15 is 0 Å². The number of nitriles is 1. The number of alkyl halides is 3. The van der Waals surface area contributed by atoms with Crippen LogP contribution < -0.4 is 4.74 Å². The van der Waals surface area contributed by atoms with Crippen molar-refractivity contribution in [3.8, 4) is 11.8 Å². The molecule has 2 nitrogen and oxygen atoms in total. The SMILES string of the molecule is N#CC(COc1cccc(Cl)c1F)C(F)(F)F. The summed E-state index contributed by atoms with van der Waals surface area (Å²) in [5.74, 6) is -3.67. The van der Waals surface area contributed by atoms with Gasteiger partial charge in [-0.25, -0.2) is 4.39 Å². The predicted molar refractivity (Wildman–Crippen MR) is 52.1 cm³/mol. The summed E-state index contributed by atoms with van der Waals surface area (Å²) in [6.45, 7) is -0.975. The molecule has 0 aromatic heterocycles. The Hall–Kier alpha value is -1.48. The van der Waals surface area contributed by atoms with Crippen molar-refractivity contribution in [1.29, 1.82) is 5.26 Å². The molecule has 0 amide bonds. The summed E-state index contributed by atoms with van der Waals surface area (Å²) in [7, 11) is 0. The van der Waals surface area contributed by atoms with Crippen molar-refractivity contribution < 1.29 is 22.3 Å². The number of benzene rings is 1. The molecule has 0 heterocycles. The predicted octanol–water partition coefficient (Wildman–Crippen LogP) is 3.56. The molecule has 0 fully saturated rings. The lowest BCUT2D eigenvalue weighted by Crippen LogP contribution is -2.27. The molecule has 0 radical (unpaired) electrons. The second-order valence-electron chi connectivity index (χ2n) is 3.09. The molecule has 1 aromatic rings. The van der Waals surface area contributed by atoms with Crippen LogP contribution in [0.3, 0.4) is 0 Å². The molecule has 0 aliphatic carbocycles. The maximum atomic E-state index is 13.2. The van der Waals surface area contributed by atoms with E-state index in [0.29, 0.717) is 0 Å². The number of ether oxygens (including phenoxy) is 1. The second kappa shape index (κ2) is 5.23. The van der Waals surface area contributed by atoms with E-state index in [-0.39, 0.29) is 5.02 Å². The van der Waals surface area contributed by atoms with Gasteiger partial charge in [0.2, 0.25) is 0 Å². The third kappa shape index (κ3) is 3.49. The van der Waals surface area contributed by atoms with Gasteiger partial charge < -0.3 is 4.74 Å². The normalized spacial score (nSPS) is 12.9. The van der Waals surface area contributed by atoms with Crippen LogP contribution in [0.15, 0.2) is 18.2 Å². The second-order valence-corrected chi connectivity index (χ2v) is 3.49. The molecule has 1 aromatic carbocycles. The summed E-state index contributed by atoms with van der Waals surface area (Å²) in [6.07, 6.45) is -4.70. The van der Waals surface area contributed by atoms with Crippen molar-refractivity contribution in [3.05, 3.63) is 29.0 Å². The third-order valence-corrected chi connectivity index (χ3v) is 2.16. The minimum absolute atomic E-state index is 0.261. The number of rotatable bonds is 3. The Morgan fingerprint density at radius 3 is 2.59 bits per heavy atom. The van der Waals surface area contributed by atoms with E-state index in [4.69, 9.17) is 16.9 Å². The molecule has 1 rings (SSSR count). The van der Waals surface area contributed by atoms with Gasteiger partial charge in [-0.05, 0) is 12.1 Å². The van der Waals surface area contributed by atoms with Gasteiger partial charge in [0, 0.05) is 0 Å². The number of hydrogen-bond donors (Lipinski definition) is 0. The number of halogens is 5. The number of hydrogen-bond acceptors (Lipinski definition) is 2. The van der Waals surface area contributed by atoms with Crippen molar-refractivity contribution >= 4 is 11.6 Å². The minimum Gasteiger partial charge on any atom is -0.489 e. The van der Waals surface area contributed by atoms with E-state index < -0.39 is 30.3 Å². The highest BCUT2D eigenvalue weighted by atomic mass is 35.5. The van der Waals surface area contributed by atoms with Crippen LogP contribution in [-0.2, 0) is 0 Å². The molecule has 1 unspecified atom stereocenters. The molecule has 0 aliphatic rings. The van der Waals surface area contributed by atoms with Gasteiger partial charge in [0.1, 0.15) is 6.61 Å². The Morgan fingerprint density at radius 1 is 1.41 bits per heavy atom. The van der Waals surface area contributed by atoms with Crippen LogP contribution in [0.1, 0.15) is 0 Å². The minimum atomic E-state index is -4.70.